The van der Waals surface area contributed by atoms with Crippen LogP contribution in [-0.4, -0.2) is 53.5 Å². The maximum Gasteiger partial charge on any atom is 0.249 e. The van der Waals surface area contributed by atoms with E-state index in [9.17, 15) is 19.5 Å². The average molecular weight is 271 g/mol. The molecule has 0 saturated carbocycles. The van der Waals surface area contributed by atoms with Crippen LogP contribution in [0.2, 0.25) is 0 Å². The van der Waals surface area contributed by atoms with Crippen molar-refractivity contribution in [2.75, 3.05) is 19.6 Å². The van der Waals surface area contributed by atoms with E-state index in [0.717, 1.165) is 12.8 Å². The molecule has 1 rings (SSSR count). The lowest BCUT2D eigenvalue weighted by Crippen LogP contribution is -2.43. The van der Waals surface area contributed by atoms with Crippen molar-refractivity contribution in [2.45, 2.75) is 32.3 Å². The molecule has 19 heavy (non-hydrogen) atoms. The summed E-state index contributed by atoms with van der Waals surface area (Å²) in [6.45, 7) is 3.38. The molecule has 3 amide bonds. The minimum absolute atomic E-state index is 0.0689. The fourth-order valence-electron chi connectivity index (χ4n) is 2.10. The Kier molecular flexibility index (Phi) is 5.75. The molecule has 1 saturated heterocycles. The summed E-state index contributed by atoms with van der Waals surface area (Å²) in [5.41, 5.74) is 4.90. The number of carbonyl (C=O) groups excluding carboxylic acids is 3. The number of nitrogens with two attached hydrogens (primary N) is 1. The summed E-state index contributed by atoms with van der Waals surface area (Å²) in [6.07, 6.45) is -0.0959. The number of nitrogens with one attached hydrogen (secondary N) is 1. The zero-order chi connectivity index (χ0) is 14.4. The second-order valence-electron chi connectivity index (χ2n) is 4.88. The summed E-state index contributed by atoms with van der Waals surface area (Å²) in [6, 6.07) is 0. The van der Waals surface area contributed by atoms with Crippen LogP contribution < -0.4 is 11.1 Å². The van der Waals surface area contributed by atoms with Gasteiger partial charge < -0.3 is 21.1 Å². The Morgan fingerprint density at radius 1 is 1.37 bits per heavy atom. The van der Waals surface area contributed by atoms with Crippen LogP contribution in [0, 0.1) is 5.92 Å². The monoisotopic (exact) mass is 271 g/mol. The average Bonchev–Trinajstić information content (AvgIpc) is 2.35. The van der Waals surface area contributed by atoms with Gasteiger partial charge in [-0.15, -0.1) is 0 Å². The second-order valence-corrected chi connectivity index (χ2v) is 4.88. The van der Waals surface area contributed by atoms with E-state index in [2.05, 4.69) is 5.32 Å². The van der Waals surface area contributed by atoms with E-state index in [1.54, 1.807) is 11.8 Å². The van der Waals surface area contributed by atoms with Gasteiger partial charge in [0.25, 0.3) is 0 Å². The molecule has 1 aliphatic rings. The number of piperidine rings is 1. The molecule has 0 radical (unpaired) electrons. The summed E-state index contributed by atoms with van der Waals surface area (Å²) >= 11 is 0. The molecule has 0 bridgehead atoms. The third-order valence-corrected chi connectivity index (χ3v) is 3.32. The number of aliphatic hydroxyl groups excluding tert-OH is 1. The van der Waals surface area contributed by atoms with Gasteiger partial charge >= 0.3 is 0 Å². The van der Waals surface area contributed by atoms with E-state index in [1.165, 1.54) is 0 Å². The number of hydrogen-bond donors (Lipinski definition) is 3. The number of hydrogen-bond acceptors (Lipinski definition) is 4. The lowest BCUT2D eigenvalue weighted by atomic mass is 9.96. The molecule has 1 fully saturated rings. The van der Waals surface area contributed by atoms with Crippen LogP contribution in [0.1, 0.15) is 26.2 Å². The van der Waals surface area contributed by atoms with Crippen LogP contribution in [0.15, 0.2) is 0 Å². The standard InChI is InChI=1S/C12H21N3O4/c1-8(16)15-4-2-9(3-5-15)7-14-12(19)10(17)6-11(13)18/h9-10,17H,2-7H2,1H3,(H2,13,18)(H,14,19). The maximum atomic E-state index is 11.5. The first kappa shape index (κ1) is 15.4. The summed E-state index contributed by atoms with van der Waals surface area (Å²) in [5.74, 6) is -0.926. The minimum Gasteiger partial charge on any atom is -0.383 e. The van der Waals surface area contributed by atoms with Gasteiger partial charge in [0, 0.05) is 26.6 Å². The van der Waals surface area contributed by atoms with Gasteiger partial charge in [-0.3, -0.25) is 14.4 Å². The van der Waals surface area contributed by atoms with E-state index in [1.807, 2.05) is 0 Å². The molecule has 1 atom stereocenters. The Morgan fingerprint density at radius 2 is 1.95 bits per heavy atom. The number of aliphatic hydroxyl groups is 1. The highest BCUT2D eigenvalue weighted by atomic mass is 16.3. The molecule has 0 spiro atoms. The van der Waals surface area contributed by atoms with Crippen molar-refractivity contribution >= 4 is 17.7 Å². The molecule has 4 N–H and O–H groups in total. The molecule has 0 aromatic rings. The Bertz CT molecular complexity index is 351. The highest BCUT2D eigenvalue weighted by Crippen LogP contribution is 2.16. The predicted octanol–water partition coefficient (Wildman–Crippen LogP) is -1.40. The molecule has 7 nitrogen and oxygen atoms in total. The summed E-state index contributed by atoms with van der Waals surface area (Å²) in [4.78, 5) is 34.9. The van der Waals surface area contributed by atoms with Gasteiger partial charge in [0.05, 0.1) is 6.42 Å². The molecule has 1 heterocycles. The van der Waals surface area contributed by atoms with E-state index >= 15 is 0 Å². The Hall–Kier alpha value is -1.63. The van der Waals surface area contributed by atoms with Crippen LogP contribution in [-0.2, 0) is 14.4 Å². The lowest BCUT2D eigenvalue weighted by molar-refractivity contribution is -0.134. The highest BCUT2D eigenvalue weighted by Gasteiger charge is 2.22. The largest absolute Gasteiger partial charge is 0.383 e. The van der Waals surface area contributed by atoms with Gasteiger partial charge in [0.15, 0.2) is 0 Å². The van der Waals surface area contributed by atoms with Gasteiger partial charge in [-0.2, -0.15) is 0 Å². The molecule has 108 valence electrons. The van der Waals surface area contributed by atoms with Crippen molar-refractivity contribution in [1.29, 1.82) is 0 Å². The number of carbonyl (C=O) groups is 3. The molecular weight excluding hydrogens is 250 g/mol. The van der Waals surface area contributed by atoms with E-state index in [-0.39, 0.29) is 12.3 Å². The number of rotatable bonds is 5. The van der Waals surface area contributed by atoms with Crippen LogP contribution in [0.3, 0.4) is 0 Å². The number of amides is 3. The first-order chi connectivity index (χ1) is 8.90. The van der Waals surface area contributed by atoms with Crippen molar-refractivity contribution in [3.8, 4) is 0 Å². The van der Waals surface area contributed by atoms with Crippen molar-refractivity contribution in [1.82, 2.24) is 10.2 Å². The Labute approximate surface area is 112 Å². The van der Waals surface area contributed by atoms with Crippen molar-refractivity contribution in [3.63, 3.8) is 0 Å². The second kappa shape index (κ2) is 7.08. The third kappa shape index (κ3) is 5.25. The van der Waals surface area contributed by atoms with Crippen LogP contribution in [0.4, 0.5) is 0 Å². The van der Waals surface area contributed by atoms with Crippen molar-refractivity contribution < 1.29 is 19.5 Å². The SMILES string of the molecule is CC(=O)N1CCC(CNC(=O)C(O)CC(N)=O)CC1. The fraction of sp³-hybridized carbons (Fsp3) is 0.750. The van der Waals surface area contributed by atoms with E-state index in [4.69, 9.17) is 5.73 Å². The van der Waals surface area contributed by atoms with Gasteiger partial charge in [0.2, 0.25) is 17.7 Å². The lowest BCUT2D eigenvalue weighted by Gasteiger charge is -2.31. The Balaban J connectivity index is 2.25. The van der Waals surface area contributed by atoms with Crippen molar-refractivity contribution in [2.24, 2.45) is 11.7 Å². The Morgan fingerprint density at radius 3 is 2.42 bits per heavy atom. The first-order valence-corrected chi connectivity index (χ1v) is 6.39. The summed E-state index contributed by atoms with van der Waals surface area (Å²) < 4.78 is 0. The van der Waals surface area contributed by atoms with Gasteiger partial charge in [-0.25, -0.2) is 0 Å². The van der Waals surface area contributed by atoms with E-state index in [0.29, 0.717) is 25.6 Å². The number of likely N-dealkylation sites (tertiary alicyclic amines) is 1. The smallest absolute Gasteiger partial charge is 0.249 e. The zero-order valence-electron chi connectivity index (χ0n) is 11.1. The predicted molar refractivity (Wildman–Crippen MR) is 67.8 cm³/mol. The van der Waals surface area contributed by atoms with Crippen LogP contribution in [0.25, 0.3) is 0 Å². The summed E-state index contributed by atoms with van der Waals surface area (Å²) in [7, 11) is 0. The van der Waals surface area contributed by atoms with E-state index < -0.39 is 17.9 Å². The normalized spacial score (nSPS) is 17.9. The molecule has 7 heteroatoms. The minimum atomic E-state index is -1.38. The zero-order valence-corrected chi connectivity index (χ0v) is 11.1. The highest BCUT2D eigenvalue weighted by molar-refractivity contribution is 5.86. The topological polar surface area (TPSA) is 113 Å². The maximum absolute atomic E-state index is 11.5. The molecule has 0 aliphatic carbocycles. The quantitative estimate of drug-likeness (QED) is 0.570. The van der Waals surface area contributed by atoms with Crippen molar-refractivity contribution in [3.05, 3.63) is 0 Å². The van der Waals surface area contributed by atoms with Gasteiger partial charge in [-0.1, -0.05) is 0 Å². The molecular formula is C12H21N3O4. The molecule has 1 aliphatic heterocycles. The fourth-order valence-corrected chi connectivity index (χ4v) is 2.10. The molecule has 0 aromatic heterocycles. The third-order valence-electron chi connectivity index (χ3n) is 3.32. The first-order valence-electron chi connectivity index (χ1n) is 6.39. The van der Waals surface area contributed by atoms with Crippen LogP contribution >= 0.6 is 0 Å². The molecule has 0 aromatic carbocycles. The summed E-state index contributed by atoms with van der Waals surface area (Å²) in [5, 5.41) is 12.0. The van der Waals surface area contributed by atoms with Gasteiger partial charge in [-0.05, 0) is 18.8 Å². The number of nitrogens with zero attached hydrogens (tertiary/aromatic N) is 1. The number of primary amides is 1. The van der Waals surface area contributed by atoms with Gasteiger partial charge in [0.1, 0.15) is 6.10 Å². The molecule has 1 unspecified atom stereocenters. The van der Waals surface area contributed by atoms with Crippen LogP contribution in [0.5, 0.6) is 0 Å².